The quantitative estimate of drug-likeness (QED) is 0.846. The van der Waals surface area contributed by atoms with Gasteiger partial charge in [-0.3, -0.25) is 0 Å². The molecular formula is C15H16N2O2S. The highest BCUT2D eigenvalue weighted by atomic mass is 32.1. The van der Waals surface area contributed by atoms with Crippen molar-refractivity contribution in [2.45, 2.75) is 26.0 Å². The predicted molar refractivity (Wildman–Crippen MR) is 82.9 cm³/mol. The molecule has 5 heteroatoms. The Kier molecular flexibility index (Phi) is 3.60. The second-order valence-corrected chi connectivity index (χ2v) is 5.22. The molecule has 0 saturated carbocycles. The summed E-state index contributed by atoms with van der Waals surface area (Å²) in [5, 5.41) is 6.90. The number of hydrogen-bond donors (Lipinski definition) is 2. The normalized spacial score (nSPS) is 17.6. The van der Waals surface area contributed by atoms with Crippen LogP contribution in [0.2, 0.25) is 0 Å². The van der Waals surface area contributed by atoms with Crippen LogP contribution in [0.3, 0.4) is 0 Å². The molecule has 1 aromatic heterocycles. The van der Waals surface area contributed by atoms with E-state index in [2.05, 4.69) is 16.7 Å². The summed E-state index contributed by atoms with van der Waals surface area (Å²) in [7, 11) is 0. The molecule has 0 spiro atoms. The van der Waals surface area contributed by atoms with Crippen molar-refractivity contribution in [2.24, 2.45) is 0 Å². The van der Waals surface area contributed by atoms with Gasteiger partial charge in [0.15, 0.2) is 0 Å². The second kappa shape index (κ2) is 5.54. The summed E-state index contributed by atoms with van der Waals surface area (Å²) in [6, 6.07) is 10.0. The third kappa shape index (κ3) is 2.93. The summed E-state index contributed by atoms with van der Waals surface area (Å²) < 4.78 is 10.8. The fraction of sp³-hybridized carbons (Fsp3) is 0.267. The van der Waals surface area contributed by atoms with Crippen molar-refractivity contribution in [1.82, 2.24) is 0 Å². The van der Waals surface area contributed by atoms with Crippen LogP contribution in [0.4, 0.5) is 11.4 Å². The van der Waals surface area contributed by atoms with E-state index in [9.17, 15) is 0 Å². The Bertz CT molecular complexity index is 610. The first kappa shape index (κ1) is 13.0. The molecule has 3 rings (SSSR count). The lowest BCUT2D eigenvalue weighted by molar-refractivity contribution is 0.217. The Morgan fingerprint density at radius 2 is 2.30 bits per heavy atom. The van der Waals surface area contributed by atoms with Gasteiger partial charge in [0.1, 0.15) is 11.9 Å². The maximum absolute atomic E-state index is 5.54. The third-order valence-corrected chi connectivity index (χ3v) is 3.40. The molecule has 2 N–H and O–H groups in total. The van der Waals surface area contributed by atoms with Crippen LogP contribution in [0.15, 0.2) is 41.0 Å². The Hall–Kier alpha value is -2.01. The van der Waals surface area contributed by atoms with Crippen LogP contribution in [0.1, 0.15) is 18.2 Å². The van der Waals surface area contributed by atoms with E-state index in [0.717, 1.165) is 23.6 Å². The van der Waals surface area contributed by atoms with Crippen molar-refractivity contribution >= 4 is 28.8 Å². The van der Waals surface area contributed by atoms with Crippen LogP contribution in [-0.4, -0.2) is 11.3 Å². The summed E-state index contributed by atoms with van der Waals surface area (Å²) >= 11 is 5.12. The van der Waals surface area contributed by atoms with Crippen LogP contribution in [0, 0.1) is 0 Å². The van der Waals surface area contributed by atoms with Crippen molar-refractivity contribution in [3.8, 4) is 0 Å². The Morgan fingerprint density at radius 3 is 3.10 bits per heavy atom. The molecule has 1 aliphatic heterocycles. The van der Waals surface area contributed by atoms with Crippen LogP contribution in [-0.2, 0) is 17.7 Å². The van der Waals surface area contributed by atoms with Crippen molar-refractivity contribution in [3.05, 3.63) is 47.9 Å². The monoisotopic (exact) mass is 288 g/mol. The zero-order valence-corrected chi connectivity index (χ0v) is 12.0. The fourth-order valence-corrected chi connectivity index (χ4v) is 2.54. The van der Waals surface area contributed by atoms with E-state index in [4.69, 9.17) is 21.4 Å². The number of anilines is 2. The SMILES string of the molecule is CC1Cc2cc(NCc3ccco3)ccc2NC(=S)O1. The minimum Gasteiger partial charge on any atom is -0.467 e. The maximum Gasteiger partial charge on any atom is 0.261 e. The molecule has 1 unspecified atom stereocenters. The van der Waals surface area contributed by atoms with Gasteiger partial charge < -0.3 is 19.8 Å². The number of hydrogen-bond acceptors (Lipinski definition) is 4. The van der Waals surface area contributed by atoms with Crippen LogP contribution < -0.4 is 10.6 Å². The first-order valence-corrected chi connectivity index (χ1v) is 6.98. The van der Waals surface area contributed by atoms with E-state index in [0.29, 0.717) is 11.7 Å². The summed E-state index contributed by atoms with van der Waals surface area (Å²) in [6.45, 7) is 2.69. The molecule has 0 radical (unpaired) electrons. The van der Waals surface area contributed by atoms with Gasteiger partial charge in [-0.1, -0.05) is 0 Å². The summed E-state index contributed by atoms with van der Waals surface area (Å²) in [4.78, 5) is 0. The van der Waals surface area contributed by atoms with Crippen LogP contribution >= 0.6 is 12.2 Å². The lowest BCUT2D eigenvalue weighted by atomic mass is 10.1. The van der Waals surface area contributed by atoms with Gasteiger partial charge in [-0.15, -0.1) is 0 Å². The van der Waals surface area contributed by atoms with E-state index in [1.54, 1.807) is 6.26 Å². The number of furan rings is 1. The maximum atomic E-state index is 5.54. The smallest absolute Gasteiger partial charge is 0.261 e. The molecule has 0 saturated heterocycles. The van der Waals surface area contributed by atoms with Crippen molar-refractivity contribution < 1.29 is 9.15 Å². The minimum absolute atomic E-state index is 0.0802. The molecule has 2 aromatic rings. The van der Waals surface area contributed by atoms with E-state index in [1.165, 1.54) is 5.56 Å². The highest BCUT2D eigenvalue weighted by molar-refractivity contribution is 7.80. The minimum atomic E-state index is 0.0802. The molecule has 104 valence electrons. The number of benzene rings is 1. The molecule has 4 nitrogen and oxygen atoms in total. The Labute approximate surface area is 123 Å². The Balaban J connectivity index is 1.76. The molecule has 0 bridgehead atoms. The van der Waals surface area contributed by atoms with Gasteiger partial charge in [0.25, 0.3) is 5.17 Å². The predicted octanol–water partition coefficient (Wildman–Crippen LogP) is 3.55. The standard InChI is InChI=1S/C15H16N2O2S/c1-10-7-11-8-12(16-9-13-3-2-6-18-13)4-5-14(11)17-15(20)19-10/h2-6,8,10,16H,7,9H2,1H3,(H,17,20). The fourth-order valence-electron chi connectivity index (χ4n) is 2.27. The van der Waals surface area contributed by atoms with E-state index in [-0.39, 0.29) is 6.10 Å². The van der Waals surface area contributed by atoms with Gasteiger partial charge in [-0.25, -0.2) is 0 Å². The van der Waals surface area contributed by atoms with Crippen molar-refractivity contribution in [2.75, 3.05) is 10.6 Å². The zero-order chi connectivity index (χ0) is 13.9. The number of fused-ring (bicyclic) bond motifs is 1. The third-order valence-electron chi connectivity index (χ3n) is 3.20. The highest BCUT2D eigenvalue weighted by Gasteiger charge is 2.16. The summed E-state index contributed by atoms with van der Waals surface area (Å²) in [6.07, 6.45) is 2.59. The van der Waals surface area contributed by atoms with E-state index in [1.807, 2.05) is 31.2 Å². The van der Waals surface area contributed by atoms with Crippen LogP contribution in [0.5, 0.6) is 0 Å². The van der Waals surface area contributed by atoms with Gasteiger partial charge in [0, 0.05) is 17.8 Å². The molecule has 0 aliphatic carbocycles. The average Bonchev–Trinajstić information content (AvgIpc) is 2.87. The lowest BCUT2D eigenvalue weighted by Crippen LogP contribution is -2.16. The van der Waals surface area contributed by atoms with Gasteiger partial charge in [-0.2, -0.15) is 0 Å². The molecule has 20 heavy (non-hydrogen) atoms. The number of thiocarbonyl (C=S) groups is 1. The molecule has 1 aromatic carbocycles. The van der Waals surface area contributed by atoms with Gasteiger partial charge in [0.2, 0.25) is 0 Å². The molecule has 1 atom stereocenters. The molecule has 2 heterocycles. The lowest BCUT2D eigenvalue weighted by Gasteiger charge is -2.10. The summed E-state index contributed by atoms with van der Waals surface area (Å²) in [5.41, 5.74) is 3.27. The van der Waals surface area contributed by atoms with Crippen molar-refractivity contribution in [1.29, 1.82) is 0 Å². The van der Waals surface area contributed by atoms with E-state index >= 15 is 0 Å². The topological polar surface area (TPSA) is 46.4 Å². The zero-order valence-electron chi connectivity index (χ0n) is 11.2. The van der Waals surface area contributed by atoms with Gasteiger partial charge >= 0.3 is 0 Å². The Morgan fingerprint density at radius 1 is 1.40 bits per heavy atom. The number of ether oxygens (including phenoxy) is 1. The molecule has 0 fully saturated rings. The first-order valence-electron chi connectivity index (χ1n) is 6.57. The molecular weight excluding hydrogens is 272 g/mol. The van der Waals surface area contributed by atoms with Crippen LogP contribution in [0.25, 0.3) is 0 Å². The number of nitrogens with one attached hydrogen (secondary N) is 2. The first-order chi connectivity index (χ1) is 9.70. The second-order valence-electron chi connectivity index (χ2n) is 4.85. The van der Waals surface area contributed by atoms with Gasteiger partial charge in [-0.05, 0) is 55.0 Å². The average molecular weight is 288 g/mol. The largest absolute Gasteiger partial charge is 0.467 e. The molecule has 0 amide bonds. The number of rotatable bonds is 3. The van der Waals surface area contributed by atoms with E-state index < -0.39 is 0 Å². The highest BCUT2D eigenvalue weighted by Crippen LogP contribution is 2.25. The molecule has 1 aliphatic rings. The van der Waals surface area contributed by atoms with Gasteiger partial charge in [0.05, 0.1) is 12.8 Å². The van der Waals surface area contributed by atoms with Crippen molar-refractivity contribution in [3.63, 3.8) is 0 Å². The summed E-state index contributed by atoms with van der Waals surface area (Å²) in [5.74, 6) is 0.913.